The molecular formula is C22H21F2N5O4. The van der Waals surface area contributed by atoms with Crippen molar-refractivity contribution in [1.82, 2.24) is 15.1 Å². The summed E-state index contributed by atoms with van der Waals surface area (Å²) in [4.78, 5) is 26.0. The van der Waals surface area contributed by atoms with Crippen molar-refractivity contribution >= 4 is 23.5 Å². The fourth-order valence-electron chi connectivity index (χ4n) is 3.59. The third-order valence-corrected chi connectivity index (χ3v) is 5.16. The number of hydrogen-bond donors (Lipinski definition) is 2. The van der Waals surface area contributed by atoms with Crippen LogP contribution in [0.3, 0.4) is 0 Å². The Labute approximate surface area is 187 Å². The van der Waals surface area contributed by atoms with Crippen LogP contribution in [-0.4, -0.2) is 33.5 Å². The number of carbonyl (C=O) groups excluding carboxylic acids is 2. The maximum absolute atomic E-state index is 14.0. The van der Waals surface area contributed by atoms with Gasteiger partial charge in [-0.25, -0.2) is 8.78 Å². The predicted octanol–water partition coefficient (Wildman–Crippen LogP) is 2.59. The maximum Gasteiger partial charge on any atom is 0.312 e. The van der Waals surface area contributed by atoms with Crippen LogP contribution in [0.5, 0.6) is 5.75 Å². The Balaban J connectivity index is 1.53. The van der Waals surface area contributed by atoms with Gasteiger partial charge in [-0.05, 0) is 23.6 Å². The van der Waals surface area contributed by atoms with Crippen LogP contribution in [0.1, 0.15) is 29.5 Å². The van der Waals surface area contributed by atoms with E-state index in [0.29, 0.717) is 12.1 Å². The second-order valence-electron chi connectivity index (χ2n) is 7.51. The first-order valence-corrected chi connectivity index (χ1v) is 10.2. The number of nitrogens with two attached hydrogens (primary N) is 1. The van der Waals surface area contributed by atoms with Crippen molar-refractivity contribution in [2.75, 3.05) is 17.7 Å². The normalized spacial score (nSPS) is 12.4. The van der Waals surface area contributed by atoms with Crippen LogP contribution in [0.2, 0.25) is 0 Å². The highest BCUT2D eigenvalue weighted by atomic mass is 19.1. The Morgan fingerprint density at radius 1 is 1.24 bits per heavy atom. The first kappa shape index (κ1) is 22.2. The number of anilines is 2. The fraction of sp³-hybridized carbons (Fsp3) is 0.273. The van der Waals surface area contributed by atoms with Crippen LogP contribution in [0.25, 0.3) is 0 Å². The van der Waals surface area contributed by atoms with Gasteiger partial charge in [0.25, 0.3) is 5.91 Å². The quantitative estimate of drug-likeness (QED) is 0.533. The van der Waals surface area contributed by atoms with E-state index in [4.69, 9.17) is 14.9 Å². The molecular weight excluding hydrogens is 436 g/mol. The van der Waals surface area contributed by atoms with Gasteiger partial charge in [-0.2, -0.15) is 0 Å². The van der Waals surface area contributed by atoms with Crippen LogP contribution in [0.4, 0.5) is 20.5 Å². The number of fused-ring (bicyclic) bond motifs is 1. The van der Waals surface area contributed by atoms with Crippen molar-refractivity contribution in [2.45, 2.75) is 32.9 Å². The molecule has 0 aliphatic carbocycles. The second-order valence-corrected chi connectivity index (χ2v) is 7.51. The number of amides is 2. The van der Waals surface area contributed by atoms with Crippen LogP contribution < -0.4 is 15.8 Å². The van der Waals surface area contributed by atoms with E-state index in [1.54, 1.807) is 19.1 Å². The lowest BCUT2D eigenvalue weighted by Crippen LogP contribution is -2.34. The minimum Gasteiger partial charge on any atom is -0.483 e. The molecule has 11 heteroatoms. The summed E-state index contributed by atoms with van der Waals surface area (Å²) in [6.45, 7) is 1.30. The Kier molecular flexibility index (Phi) is 6.20. The molecule has 3 N–H and O–H groups in total. The van der Waals surface area contributed by atoms with Gasteiger partial charge in [0.15, 0.2) is 6.61 Å². The summed E-state index contributed by atoms with van der Waals surface area (Å²) in [6, 6.07) is 7.07. The number of halogens is 2. The van der Waals surface area contributed by atoms with E-state index in [-0.39, 0.29) is 48.6 Å². The Morgan fingerprint density at radius 3 is 2.79 bits per heavy atom. The number of nitrogen functional groups attached to an aromatic ring is 1. The number of nitrogens with one attached hydrogen (secondary N) is 1. The summed E-state index contributed by atoms with van der Waals surface area (Å²) in [5.41, 5.74) is 7.94. The van der Waals surface area contributed by atoms with Gasteiger partial charge >= 0.3 is 6.01 Å². The largest absolute Gasteiger partial charge is 0.483 e. The van der Waals surface area contributed by atoms with E-state index >= 15 is 0 Å². The zero-order chi connectivity index (χ0) is 23.5. The van der Waals surface area contributed by atoms with E-state index in [0.717, 1.165) is 23.3 Å². The Bertz CT molecular complexity index is 1210. The molecule has 4 rings (SSSR count). The van der Waals surface area contributed by atoms with Crippen LogP contribution in [-0.2, 0) is 35.5 Å². The number of rotatable bonds is 8. The van der Waals surface area contributed by atoms with Crippen molar-refractivity contribution in [1.29, 1.82) is 0 Å². The molecule has 1 aliphatic rings. The Morgan fingerprint density at radius 2 is 2.06 bits per heavy atom. The van der Waals surface area contributed by atoms with Gasteiger partial charge in [-0.15, -0.1) is 5.10 Å². The standard InChI is InChI=1S/C22H21F2N5O4/c1-2-15-16(24)7-14(23)8-18(15)32-11-21(31)29(10-20-27-28-22(25)33-20)9-12-3-4-13-6-19(30)26-17(13)5-12/h3-5,7-8H,2,6,9-11H2,1H3,(H2,25,28)(H,26,30). The smallest absolute Gasteiger partial charge is 0.312 e. The van der Waals surface area contributed by atoms with E-state index in [9.17, 15) is 18.4 Å². The van der Waals surface area contributed by atoms with Crippen molar-refractivity contribution in [3.63, 3.8) is 0 Å². The highest BCUT2D eigenvalue weighted by Crippen LogP contribution is 2.26. The zero-order valence-electron chi connectivity index (χ0n) is 17.7. The van der Waals surface area contributed by atoms with Crippen molar-refractivity contribution < 1.29 is 27.5 Å². The highest BCUT2D eigenvalue weighted by molar-refractivity contribution is 5.99. The molecule has 3 aromatic rings. The van der Waals surface area contributed by atoms with E-state index in [2.05, 4.69) is 15.5 Å². The maximum atomic E-state index is 14.0. The summed E-state index contributed by atoms with van der Waals surface area (Å²) in [6.07, 6.45) is 0.568. The van der Waals surface area contributed by atoms with Gasteiger partial charge in [-0.3, -0.25) is 9.59 Å². The van der Waals surface area contributed by atoms with Gasteiger partial charge in [0, 0.05) is 29.9 Å². The lowest BCUT2D eigenvalue weighted by atomic mass is 10.1. The lowest BCUT2D eigenvalue weighted by Gasteiger charge is -2.22. The third kappa shape index (κ3) is 5.08. The SMILES string of the molecule is CCc1c(F)cc(F)cc1OCC(=O)N(Cc1ccc2c(c1)NC(=O)C2)Cc1nnc(N)o1. The average molecular weight is 457 g/mol. The molecule has 0 radical (unpaired) electrons. The number of aromatic nitrogens is 2. The molecule has 0 atom stereocenters. The molecule has 0 saturated heterocycles. The van der Waals surface area contributed by atoms with Crippen molar-refractivity contribution in [3.8, 4) is 5.75 Å². The highest BCUT2D eigenvalue weighted by Gasteiger charge is 2.22. The van der Waals surface area contributed by atoms with Gasteiger partial charge in [0.1, 0.15) is 17.4 Å². The molecule has 172 valence electrons. The molecule has 0 bridgehead atoms. The summed E-state index contributed by atoms with van der Waals surface area (Å²) in [5.74, 6) is -2.04. The van der Waals surface area contributed by atoms with Gasteiger partial charge in [-0.1, -0.05) is 24.2 Å². The molecule has 2 aromatic carbocycles. The van der Waals surface area contributed by atoms with Crippen molar-refractivity contribution in [2.24, 2.45) is 0 Å². The number of hydrogen-bond acceptors (Lipinski definition) is 7. The van der Waals surface area contributed by atoms with Gasteiger partial charge < -0.3 is 25.1 Å². The number of ether oxygens (including phenoxy) is 1. The summed E-state index contributed by atoms with van der Waals surface area (Å²) < 4.78 is 38.3. The molecule has 2 heterocycles. The fourth-order valence-corrected chi connectivity index (χ4v) is 3.59. The minimum atomic E-state index is -0.800. The molecule has 0 unspecified atom stereocenters. The molecule has 33 heavy (non-hydrogen) atoms. The Hall–Kier alpha value is -4.02. The third-order valence-electron chi connectivity index (χ3n) is 5.16. The predicted molar refractivity (Wildman–Crippen MR) is 113 cm³/mol. The molecule has 0 saturated carbocycles. The van der Waals surface area contributed by atoms with E-state index in [1.807, 2.05) is 6.07 Å². The lowest BCUT2D eigenvalue weighted by molar-refractivity contribution is -0.135. The molecule has 1 aromatic heterocycles. The molecule has 9 nitrogen and oxygen atoms in total. The minimum absolute atomic E-state index is 0.0365. The molecule has 1 aliphatic heterocycles. The first-order valence-electron chi connectivity index (χ1n) is 10.2. The second kappa shape index (κ2) is 9.23. The van der Waals surface area contributed by atoms with Crippen LogP contribution in [0.15, 0.2) is 34.7 Å². The van der Waals surface area contributed by atoms with Crippen molar-refractivity contribution in [3.05, 3.63) is 64.5 Å². The molecule has 0 fully saturated rings. The molecule has 0 spiro atoms. The summed E-state index contributed by atoms with van der Waals surface area (Å²) in [7, 11) is 0. The molecule has 2 amide bonds. The first-order chi connectivity index (χ1) is 15.8. The number of nitrogens with zero attached hydrogens (tertiary/aromatic N) is 3. The number of benzene rings is 2. The van der Waals surface area contributed by atoms with Gasteiger partial charge in [0.05, 0.1) is 13.0 Å². The van der Waals surface area contributed by atoms with Crippen LogP contribution in [0, 0.1) is 11.6 Å². The zero-order valence-corrected chi connectivity index (χ0v) is 17.7. The summed E-state index contributed by atoms with van der Waals surface area (Å²) in [5, 5.41) is 10.1. The van der Waals surface area contributed by atoms with Gasteiger partial charge in [0.2, 0.25) is 11.8 Å². The summed E-state index contributed by atoms with van der Waals surface area (Å²) >= 11 is 0. The van der Waals surface area contributed by atoms with E-state index < -0.39 is 24.1 Å². The average Bonchev–Trinajstić information content (AvgIpc) is 3.34. The van der Waals surface area contributed by atoms with E-state index in [1.165, 1.54) is 4.90 Å². The topological polar surface area (TPSA) is 124 Å². The monoisotopic (exact) mass is 457 g/mol. The van der Waals surface area contributed by atoms with Crippen LogP contribution >= 0.6 is 0 Å². The number of carbonyl (C=O) groups is 2.